The predicted octanol–water partition coefficient (Wildman–Crippen LogP) is 3.33. The zero-order chi connectivity index (χ0) is 21.0. The van der Waals surface area contributed by atoms with Crippen molar-refractivity contribution in [2.75, 3.05) is 46.0 Å². The quantitative estimate of drug-likeness (QED) is 0.638. The van der Waals surface area contributed by atoms with Crippen LogP contribution in [-0.4, -0.2) is 73.9 Å². The van der Waals surface area contributed by atoms with Crippen LogP contribution in [-0.2, 0) is 14.3 Å². The molecule has 1 amide bonds. The maximum absolute atomic E-state index is 12.9. The van der Waals surface area contributed by atoms with E-state index >= 15 is 0 Å². The van der Waals surface area contributed by atoms with Crippen molar-refractivity contribution >= 4 is 5.91 Å². The topological polar surface area (TPSA) is 51.2 Å². The zero-order valence-electron chi connectivity index (χ0n) is 18.3. The van der Waals surface area contributed by atoms with Gasteiger partial charge in [-0.3, -0.25) is 9.69 Å². The summed E-state index contributed by atoms with van der Waals surface area (Å²) in [6, 6.07) is 8.53. The van der Waals surface area contributed by atoms with E-state index in [1.165, 1.54) is 18.4 Å². The fourth-order valence-corrected chi connectivity index (χ4v) is 4.94. The standard InChI is InChI=1S/C25H34N2O4/c28-25-24(31-23-7-3-20(4-8-23)19-1-2-19)11-12-27(25)21-5-9-22(10-6-21)30-18-15-26-13-16-29-17-14-26/h3-4,7-8,11,19,21-22H,1-2,5-6,9-10,12-18H2. The van der Waals surface area contributed by atoms with Crippen molar-refractivity contribution in [2.24, 2.45) is 0 Å². The highest BCUT2D eigenvalue weighted by molar-refractivity contribution is 5.94. The van der Waals surface area contributed by atoms with Gasteiger partial charge in [0.2, 0.25) is 0 Å². The van der Waals surface area contributed by atoms with E-state index in [1.807, 2.05) is 23.1 Å². The second-order valence-electron chi connectivity index (χ2n) is 9.23. The van der Waals surface area contributed by atoms with Crippen LogP contribution >= 0.6 is 0 Å². The summed E-state index contributed by atoms with van der Waals surface area (Å²) in [4.78, 5) is 17.3. The number of ether oxygens (including phenoxy) is 3. The lowest BCUT2D eigenvalue weighted by Crippen LogP contribution is -2.42. The normalized spacial score (nSPS) is 27.4. The average Bonchev–Trinajstić information content (AvgIpc) is 3.60. The Morgan fingerprint density at radius 1 is 0.968 bits per heavy atom. The fraction of sp³-hybridized carbons (Fsp3) is 0.640. The van der Waals surface area contributed by atoms with Crippen molar-refractivity contribution in [1.82, 2.24) is 9.80 Å². The van der Waals surface area contributed by atoms with Gasteiger partial charge in [0.15, 0.2) is 5.76 Å². The molecule has 4 aliphatic rings. The van der Waals surface area contributed by atoms with E-state index in [-0.39, 0.29) is 5.91 Å². The molecule has 0 bridgehead atoms. The number of hydrogen-bond donors (Lipinski definition) is 0. The van der Waals surface area contributed by atoms with Crippen molar-refractivity contribution < 1.29 is 19.0 Å². The molecule has 0 unspecified atom stereocenters. The summed E-state index contributed by atoms with van der Waals surface area (Å²) >= 11 is 0. The minimum atomic E-state index is 0.0305. The molecular weight excluding hydrogens is 392 g/mol. The van der Waals surface area contributed by atoms with Gasteiger partial charge < -0.3 is 19.1 Å². The van der Waals surface area contributed by atoms with Crippen LogP contribution in [0.3, 0.4) is 0 Å². The first kappa shape index (κ1) is 21.0. The molecule has 3 fully saturated rings. The number of nitrogens with zero attached hydrogens (tertiary/aromatic N) is 2. The summed E-state index contributed by atoms with van der Waals surface area (Å²) in [6.45, 7) is 6.12. The van der Waals surface area contributed by atoms with Crippen LogP contribution in [0.25, 0.3) is 0 Å². The summed E-state index contributed by atoms with van der Waals surface area (Å²) in [7, 11) is 0. The average molecular weight is 427 g/mol. The molecule has 2 aliphatic heterocycles. The van der Waals surface area contributed by atoms with E-state index in [1.54, 1.807) is 0 Å². The molecule has 2 saturated carbocycles. The van der Waals surface area contributed by atoms with Gasteiger partial charge in [-0.2, -0.15) is 0 Å². The molecule has 168 valence electrons. The van der Waals surface area contributed by atoms with Crippen molar-refractivity contribution in [3.8, 4) is 5.75 Å². The molecule has 5 rings (SSSR count). The van der Waals surface area contributed by atoms with Crippen LogP contribution in [0.1, 0.15) is 50.0 Å². The van der Waals surface area contributed by atoms with Crippen molar-refractivity contribution in [3.05, 3.63) is 41.7 Å². The molecule has 2 aliphatic carbocycles. The van der Waals surface area contributed by atoms with Crippen LogP contribution < -0.4 is 4.74 Å². The summed E-state index contributed by atoms with van der Waals surface area (Å²) < 4.78 is 17.5. The Kier molecular flexibility index (Phi) is 6.58. The van der Waals surface area contributed by atoms with Crippen molar-refractivity contribution in [2.45, 2.75) is 56.6 Å². The van der Waals surface area contributed by atoms with Crippen LogP contribution in [0.2, 0.25) is 0 Å². The number of carbonyl (C=O) groups excluding carboxylic acids is 1. The van der Waals surface area contributed by atoms with Gasteiger partial charge in [0.1, 0.15) is 5.75 Å². The predicted molar refractivity (Wildman–Crippen MR) is 118 cm³/mol. The highest BCUT2D eigenvalue weighted by Gasteiger charge is 2.34. The zero-order valence-corrected chi connectivity index (χ0v) is 18.3. The summed E-state index contributed by atoms with van der Waals surface area (Å²) in [5.74, 6) is 1.99. The highest BCUT2D eigenvalue weighted by atomic mass is 16.5. The summed E-state index contributed by atoms with van der Waals surface area (Å²) in [5, 5.41) is 0. The third-order valence-corrected chi connectivity index (χ3v) is 7.05. The molecular formula is C25H34N2O4. The molecule has 1 aromatic rings. The smallest absolute Gasteiger partial charge is 0.289 e. The molecule has 0 atom stereocenters. The Morgan fingerprint density at radius 2 is 1.71 bits per heavy atom. The highest BCUT2D eigenvalue weighted by Crippen LogP contribution is 2.40. The van der Waals surface area contributed by atoms with Gasteiger partial charge >= 0.3 is 0 Å². The Bertz CT molecular complexity index is 775. The van der Waals surface area contributed by atoms with Crippen LogP contribution in [0.15, 0.2) is 36.1 Å². The Morgan fingerprint density at radius 3 is 2.42 bits per heavy atom. The first-order chi connectivity index (χ1) is 15.3. The van der Waals surface area contributed by atoms with Gasteiger partial charge in [0, 0.05) is 32.2 Å². The molecule has 0 aromatic heterocycles. The largest absolute Gasteiger partial charge is 0.452 e. The number of amides is 1. The van der Waals surface area contributed by atoms with E-state index < -0.39 is 0 Å². The first-order valence-corrected chi connectivity index (χ1v) is 12.0. The van der Waals surface area contributed by atoms with Crippen LogP contribution in [0.4, 0.5) is 0 Å². The van der Waals surface area contributed by atoms with E-state index in [0.717, 1.165) is 76.8 Å². The van der Waals surface area contributed by atoms with Crippen molar-refractivity contribution in [1.29, 1.82) is 0 Å². The van der Waals surface area contributed by atoms with Crippen LogP contribution in [0, 0.1) is 0 Å². The molecule has 0 N–H and O–H groups in total. The Balaban J connectivity index is 1.04. The fourth-order valence-electron chi connectivity index (χ4n) is 4.94. The second-order valence-corrected chi connectivity index (χ2v) is 9.23. The monoisotopic (exact) mass is 426 g/mol. The molecule has 2 heterocycles. The number of benzene rings is 1. The van der Waals surface area contributed by atoms with E-state index in [4.69, 9.17) is 14.2 Å². The third kappa shape index (κ3) is 5.30. The van der Waals surface area contributed by atoms with Gasteiger partial charge in [-0.25, -0.2) is 0 Å². The van der Waals surface area contributed by atoms with Gasteiger partial charge in [0.05, 0.1) is 25.9 Å². The maximum atomic E-state index is 12.9. The Labute approximate surface area is 185 Å². The number of rotatable bonds is 8. The lowest BCUT2D eigenvalue weighted by atomic mass is 9.92. The molecule has 6 heteroatoms. The molecule has 31 heavy (non-hydrogen) atoms. The van der Waals surface area contributed by atoms with Gasteiger partial charge in [0.25, 0.3) is 5.91 Å². The van der Waals surface area contributed by atoms with Crippen LogP contribution in [0.5, 0.6) is 5.75 Å². The Hall–Kier alpha value is -1.89. The second kappa shape index (κ2) is 9.72. The summed E-state index contributed by atoms with van der Waals surface area (Å²) in [5.41, 5.74) is 1.38. The first-order valence-electron chi connectivity index (χ1n) is 12.0. The maximum Gasteiger partial charge on any atom is 0.289 e. The molecule has 0 spiro atoms. The lowest BCUT2D eigenvalue weighted by Gasteiger charge is -2.35. The molecule has 1 aromatic carbocycles. The van der Waals surface area contributed by atoms with E-state index in [2.05, 4.69) is 17.0 Å². The van der Waals surface area contributed by atoms with E-state index in [0.29, 0.717) is 24.4 Å². The SMILES string of the molecule is O=C1C(Oc2ccc(C3CC3)cc2)=CCN1C1CCC(OCCN2CCOCC2)CC1. The summed E-state index contributed by atoms with van der Waals surface area (Å²) in [6.07, 6.45) is 8.90. The van der Waals surface area contributed by atoms with Crippen molar-refractivity contribution in [3.63, 3.8) is 0 Å². The minimum Gasteiger partial charge on any atom is -0.452 e. The lowest BCUT2D eigenvalue weighted by molar-refractivity contribution is -0.130. The van der Waals surface area contributed by atoms with Gasteiger partial charge in [-0.05, 0) is 68.2 Å². The number of carbonyl (C=O) groups is 1. The van der Waals surface area contributed by atoms with Gasteiger partial charge in [-0.1, -0.05) is 12.1 Å². The number of hydrogen-bond acceptors (Lipinski definition) is 5. The molecule has 1 saturated heterocycles. The van der Waals surface area contributed by atoms with E-state index in [9.17, 15) is 4.79 Å². The molecule has 0 radical (unpaired) electrons. The minimum absolute atomic E-state index is 0.0305. The molecule has 6 nitrogen and oxygen atoms in total. The number of morpholine rings is 1. The van der Waals surface area contributed by atoms with Gasteiger partial charge in [-0.15, -0.1) is 0 Å². The third-order valence-electron chi connectivity index (χ3n) is 7.05.